The summed E-state index contributed by atoms with van der Waals surface area (Å²) in [6.07, 6.45) is -0.173. The number of aliphatic hydroxyl groups excluding tert-OH is 1. The maximum Gasteiger partial charge on any atom is 0.433 e. The molecule has 0 radical (unpaired) electrons. The van der Waals surface area contributed by atoms with Gasteiger partial charge in [0, 0.05) is 13.1 Å². The van der Waals surface area contributed by atoms with E-state index in [-0.39, 0.29) is 18.4 Å². The highest BCUT2D eigenvalue weighted by Gasteiger charge is 2.36. The van der Waals surface area contributed by atoms with Gasteiger partial charge in [-0.15, -0.1) is 0 Å². The first-order chi connectivity index (χ1) is 9.88. The van der Waals surface area contributed by atoms with Gasteiger partial charge in [-0.2, -0.15) is 18.2 Å². The zero-order chi connectivity index (χ0) is 15.5. The summed E-state index contributed by atoms with van der Waals surface area (Å²) in [5, 5.41) is 15.1. The second-order valence-corrected chi connectivity index (χ2v) is 5.33. The van der Waals surface area contributed by atoms with E-state index in [2.05, 4.69) is 20.6 Å². The number of halogens is 3. The Kier molecular flexibility index (Phi) is 4.55. The number of aliphatic hydroxyl groups is 1. The summed E-state index contributed by atoms with van der Waals surface area (Å²) >= 11 is 0. The lowest BCUT2D eigenvalue weighted by Gasteiger charge is -2.37. The Morgan fingerprint density at radius 3 is 2.43 bits per heavy atom. The van der Waals surface area contributed by atoms with Gasteiger partial charge in [-0.3, -0.25) is 0 Å². The van der Waals surface area contributed by atoms with Crippen molar-refractivity contribution in [2.45, 2.75) is 43.8 Å². The molecular weight excluding hydrogens is 285 g/mol. The van der Waals surface area contributed by atoms with Gasteiger partial charge in [0.15, 0.2) is 5.69 Å². The van der Waals surface area contributed by atoms with Crippen LogP contribution in [0.25, 0.3) is 0 Å². The third-order valence-corrected chi connectivity index (χ3v) is 3.75. The molecule has 0 atom stereocenters. The van der Waals surface area contributed by atoms with Gasteiger partial charge in [0.05, 0.1) is 12.1 Å². The summed E-state index contributed by atoms with van der Waals surface area (Å²) in [7, 11) is 1.46. The molecular formula is C13H19F3N4O. The third kappa shape index (κ3) is 3.75. The first-order valence-corrected chi connectivity index (χ1v) is 6.92. The molecule has 1 aliphatic rings. The van der Waals surface area contributed by atoms with Crippen LogP contribution in [-0.4, -0.2) is 34.3 Å². The predicted octanol–water partition coefficient (Wildman–Crippen LogP) is 2.64. The summed E-state index contributed by atoms with van der Waals surface area (Å²) < 4.78 is 38.5. The van der Waals surface area contributed by atoms with Crippen LogP contribution in [0.2, 0.25) is 0 Å². The van der Waals surface area contributed by atoms with Crippen LogP contribution < -0.4 is 10.6 Å². The van der Waals surface area contributed by atoms with Crippen molar-refractivity contribution in [2.75, 3.05) is 24.3 Å². The van der Waals surface area contributed by atoms with Crippen molar-refractivity contribution in [1.82, 2.24) is 9.97 Å². The molecule has 0 amide bonds. The summed E-state index contributed by atoms with van der Waals surface area (Å²) in [5.74, 6) is -0.0196. The minimum absolute atomic E-state index is 0.0811. The number of anilines is 2. The fourth-order valence-electron chi connectivity index (χ4n) is 2.59. The van der Waals surface area contributed by atoms with E-state index < -0.39 is 17.4 Å². The molecule has 0 aromatic carbocycles. The number of aromatic nitrogens is 2. The Morgan fingerprint density at radius 2 is 1.90 bits per heavy atom. The highest BCUT2D eigenvalue weighted by atomic mass is 19.4. The Labute approximate surface area is 121 Å². The van der Waals surface area contributed by atoms with Crippen LogP contribution in [0.3, 0.4) is 0 Å². The lowest BCUT2D eigenvalue weighted by Crippen LogP contribution is -2.44. The molecule has 118 valence electrons. The maximum absolute atomic E-state index is 12.8. The van der Waals surface area contributed by atoms with Crippen molar-refractivity contribution < 1.29 is 18.3 Å². The number of nitrogens with one attached hydrogen (secondary N) is 2. The van der Waals surface area contributed by atoms with Crippen molar-refractivity contribution in [1.29, 1.82) is 0 Å². The summed E-state index contributed by atoms with van der Waals surface area (Å²) in [6.45, 7) is -0.132. The van der Waals surface area contributed by atoms with Crippen LogP contribution in [0.1, 0.15) is 37.8 Å². The zero-order valence-corrected chi connectivity index (χ0v) is 11.8. The van der Waals surface area contributed by atoms with Crippen molar-refractivity contribution in [2.24, 2.45) is 0 Å². The lowest BCUT2D eigenvalue weighted by molar-refractivity contribution is -0.141. The van der Waals surface area contributed by atoms with Gasteiger partial charge in [-0.05, 0) is 12.8 Å². The number of alkyl halides is 3. The van der Waals surface area contributed by atoms with Crippen molar-refractivity contribution >= 4 is 11.8 Å². The van der Waals surface area contributed by atoms with E-state index in [4.69, 9.17) is 0 Å². The third-order valence-electron chi connectivity index (χ3n) is 3.75. The largest absolute Gasteiger partial charge is 0.433 e. The molecule has 21 heavy (non-hydrogen) atoms. The van der Waals surface area contributed by atoms with E-state index in [1.54, 1.807) is 0 Å². The molecule has 1 fully saturated rings. The fourth-order valence-corrected chi connectivity index (χ4v) is 2.59. The Bertz CT molecular complexity index is 487. The van der Waals surface area contributed by atoms with Crippen LogP contribution in [0.4, 0.5) is 24.9 Å². The van der Waals surface area contributed by atoms with Gasteiger partial charge in [0.25, 0.3) is 0 Å². The maximum atomic E-state index is 12.8. The van der Waals surface area contributed by atoms with Crippen molar-refractivity contribution in [3.8, 4) is 0 Å². The van der Waals surface area contributed by atoms with Gasteiger partial charge in [0.1, 0.15) is 5.82 Å². The van der Waals surface area contributed by atoms with Crippen molar-refractivity contribution in [3.05, 3.63) is 11.8 Å². The van der Waals surface area contributed by atoms with Crippen LogP contribution in [0.15, 0.2) is 6.07 Å². The van der Waals surface area contributed by atoms with Gasteiger partial charge in [0.2, 0.25) is 5.95 Å². The van der Waals surface area contributed by atoms with E-state index in [9.17, 15) is 18.3 Å². The van der Waals surface area contributed by atoms with E-state index in [1.807, 2.05) is 0 Å². The van der Waals surface area contributed by atoms with Gasteiger partial charge in [-0.1, -0.05) is 19.3 Å². The van der Waals surface area contributed by atoms with Gasteiger partial charge >= 0.3 is 6.18 Å². The summed E-state index contributed by atoms with van der Waals surface area (Å²) in [5.41, 5.74) is -1.60. The molecule has 1 heterocycles. The molecule has 1 aromatic rings. The van der Waals surface area contributed by atoms with E-state index >= 15 is 0 Å². The highest BCUT2D eigenvalue weighted by molar-refractivity contribution is 5.45. The van der Waals surface area contributed by atoms with Crippen LogP contribution in [0.5, 0.6) is 0 Å². The minimum Gasteiger partial charge on any atom is -0.394 e. The molecule has 0 spiro atoms. The first kappa shape index (κ1) is 15.8. The van der Waals surface area contributed by atoms with Crippen LogP contribution in [-0.2, 0) is 6.18 Å². The van der Waals surface area contributed by atoms with Crippen molar-refractivity contribution in [3.63, 3.8) is 0 Å². The molecule has 0 aliphatic heterocycles. The predicted molar refractivity (Wildman–Crippen MR) is 73.1 cm³/mol. The molecule has 2 rings (SSSR count). The van der Waals surface area contributed by atoms with Gasteiger partial charge < -0.3 is 15.7 Å². The van der Waals surface area contributed by atoms with Crippen LogP contribution >= 0.6 is 0 Å². The molecule has 8 heteroatoms. The Balaban J connectivity index is 2.30. The molecule has 1 saturated carbocycles. The molecule has 5 nitrogen and oxygen atoms in total. The number of hydrogen-bond acceptors (Lipinski definition) is 5. The zero-order valence-electron chi connectivity index (χ0n) is 11.8. The Hall–Kier alpha value is -1.57. The molecule has 1 aromatic heterocycles. The van der Waals surface area contributed by atoms with E-state index in [0.717, 1.165) is 25.3 Å². The average Bonchev–Trinajstić information content (AvgIpc) is 2.47. The second-order valence-electron chi connectivity index (χ2n) is 5.33. The molecule has 1 aliphatic carbocycles. The lowest BCUT2D eigenvalue weighted by atomic mass is 9.82. The first-order valence-electron chi connectivity index (χ1n) is 6.92. The molecule has 0 saturated heterocycles. The Morgan fingerprint density at radius 1 is 1.24 bits per heavy atom. The second kappa shape index (κ2) is 6.05. The molecule has 0 unspecified atom stereocenters. The van der Waals surface area contributed by atoms with Gasteiger partial charge in [-0.25, -0.2) is 4.98 Å². The number of rotatable bonds is 4. The topological polar surface area (TPSA) is 70.1 Å². The molecule has 0 bridgehead atoms. The summed E-state index contributed by atoms with van der Waals surface area (Å²) in [6, 6.07) is 0.882. The number of hydrogen-bond donors (Lipinski definition) is 3. The normalized spacial score (nSPS) is 18.3. The quantitative estimate of drug-likeness (QED) is 0.798. The monoisotopic (exact) mass is 304 g/mol. The minimum atomic E-state index is -4.54. The SMILES string of the molecule is CNc1nc(NC2(CO)CCCCC2)cc(C(F)(F)F)n1. The standard InChI is InChI=1S/C13H19F3N4O/c1-17-11-18-9(13(14,15)16)7-10(19-11)20-12(8-21)5-3-2-4-6-12/h7,21H,2-6,8H2,1H3,(H2,17,18,19,20). The number of nitrogens with zero attached hydrogens (tertiary/aromatic N) is 2. The smallest absolute Gasteiger partial charge is 0.394 e. The average molecular weight is 304 g/mol. The van der Waals surface area contributed by atoms with Crippen LogP contribution in [0, 0.1) is 0 Å². The van der Waals surface area contributed by atoms with E-state index in [0.29, 0.717) is 12.8 Å². The van der Waals surface area contributed by atoms with E-state index in [1.165, 1.54) is 7.05 Å². The summed E-state index contributed by atoms with van der Waals surface area (Å²) in [4.78, 5) is 7.42. The highest BCUT2D eigenvalue weighted by Crippen LogP contribution is 2.33. The fraction of sp³-hybridized carbons (Fsp3) is 0.692. The molecule has 3 N–H and O–H groups in total.